The predicted octanol–water partition coefficient (Wildman–Crippen LogP) is 3.61. The van der Waals surface area contributed by atoms with Gasteiger partial charge in [0, 0.05) is 11.8 Å². The van der Waals surface area contributed by atoms with Crippen LogP contribution < -0.4 is 15.4 Å². The Balaban J connectivity index is 0.000000921. The van der Waals surface area contributed by atoms with Crippen LogP contribution in [0.5, 0.6) is 5.75 Å². The Morgan fingerprint density at radius 3 is 2.33 bits per heavy atom. The van der Waals surface area contributed by atoms with Crippen molar-refractivity contribution in [2.24, 2.45) is 0 Å². The molecule has 2 N–H and O–H groups in total. The van der Waals surface area contributed by atoms with Gasteiger partial charge >= 0.3 is 12.1 Å². The maximum Gasteiger partial charge on any atom is 0.471 e. The average molecular weight is 306 g/mol. The maximum atomic E-state index is 12.4. The molecule has 7 heteroatoms. The largest absolute Gasteiger partial charge is 0.489 e. The molecule has 0 aromatic heterocycles. The Morgan fingerprint density at radius 2 is 1.81 bits per heavy atom. The lowest BCUT2D eigenvalue weighted by atomic mass is 10.2. The summed E-state index contributed by atoms with van der Waals surface area (Å²) < 4.78 is 42.2. The molecule has 4 nitrogen and oxygen atoms in total. The van der Waals surface area contributed by atoms with E-state index in [1.807, 2.05) is 27.7 Å². The molecule has 1 aliphatic rings. The molecule has 0 saturated heterocycles. The average Bonchev–Trinajstić information content (AvgIpc) is 2.48. The fourth-order valence-corrected chi connectivity index (χ4v) is 1.60. The highest BCUT2D eigenvalue weighted by molar-refractivity contribution is 5.99. The van der Waals surface area contributed by atoms with Gasteiger partial charge in [0.15, 0.2) is 0 Å². The molecule has 120 valence electrons. The van der Waals surface area contributed by atoms with Crippen molar-refractivity contribution in [3.05, 3.63) is 18.2 Å². The first-order valence-corrected chi connectivity index (χ1v) is 6.80. The van der Waals surface area contributed by atoms with Crippen LogP contribution in [-0.2, 0) is 4.79 Å². The minimum absolute atomic E-state index is 0.0122. The topological polar surface area (TPSA) is 55.6 Å². The van der Waals surface area contributed by atoms with E-state index in [0.29, 0.717) is 10.6 Å². The molecule has 0 spiro atoms. The number of halogens is 3. The number of fused-ring (bicyclic) bond motifs is 1. The Hall–Kier alpha value is -1.92. The van der Waals surface area contributed by atoms with Crippen molar-refractivity contribution < 1.29 is 22.7 Å². The molecular formula is C14H21F3N2O2. The summed E-state index contributed by atoms with van der Waals surface area (Å²) in [4.78, 5) is 11.8. The van der Waals surface area contributed by atoms with Gasteiger partial charge in [-0.05, 0) is 12.1 Å². The van der Waals surface area contributed by atoms with Crippen LogP contribution in [0.1, 0.15) is 27.7 Å². The maximum absolute atomic E-state index is 12.4. The van der Waals surface area contributed by atoms with Crippen LogP contribution in [0.15, 0.2) is 18.2 Å². The summed E-state index contributed by atoms with van der Waals surface area (Å²) in [5, 5.41) is 0. The first-order valence-electron chi connectivity index (χ1n) is 6.80. The molecule has 1 aromatic carbocycles. The molecule has 0 radical (unpaired) electrons. The lowest BCUT2D eigenvalue weighted by Crippen LogP contribution is -2.45. The first-order chi connectivity index (χ1) is 9.89. The molecule has 0 aliphatic carbocycles. The van der Waals surface area contributed by atoms with Crippen LogP contribution in [0.25, 0.3) is 0 Å². The number of nitrogens with zero attached hydrogens (tertiary/aromatic N) is 1. The number of alkyl halides is 3. The van der Waals surface area contributed by atoms with Crippen molar-refractivity contribution in [1.29, 1.82) is 0 Å². The standard InChI is InChI=1S/C10H9F3N2O2.2C2H6/c11-10(12,13)9(16)15-3-4-17-8-5-6(14)1-2-7(8)15;2*1-2/h1-2,5H,3-4,14H2;2*1-2H3. The molecule has 1 aromatic rings. The van der Waals surface area contributed by atoms with Crippen molar-refractivity contribution in [2.75, 3.05) is 23.8 Å². The first kappa shape index (κ1) is 19.1. The Bertz CT molecular complexity index is 462. The molecule has 0 fully saturated rings. The van der Waals surface area contributed by atoms with E-state index in [1.54, 1.807) is 0 Å². The van der Waals surface area contributed by atoms with Gasteiger partial charge in [-0.25, -0.2) is 0 Å². The summed E-state index contributed by atoms with van der Waals surface area (Å²) in [6.07, 6.45) is -4.89. The molecule has 0 unspecified atom stereocenters. The van der Waals surface area contributed by atoms with Crippen LogP contribution in [0.2, 0.25) is 0 Å². The van der Waals surface area contributed by atoms with E-state index in [0.717, 1.165) is 0 Å². The second-order valence-electron chi connectivity index (χ2n) is 3.53. The SMILES string of the molecule is CC.CC.Nc1ccc2c(c1)OCCN2C(=O)C(F)(F)F. The number of hydrogen-bond acceptors (Lipinski definition) is 3. The Morgan fingerprint density at radius 1 is 1.24 bits per heavy atom. The zero-order valence-electron chi connectivity index (χ0n) is 12.6. The predicted molar refractivity (Wildman–Crippen MR) is 77.5 cm³/mol. The van der Waals surface area contributed by atoms with Crippen LogP contribution in [-0.4, -0.2) is 25.2 Å². The summed E-state index contributed by atoms with van der Waals surface area (Å²) in [5.41, 5.74) is 5.94. The highest BCUT2D eigenvalue weighted by Crippen LogP contribution is 2.35. The third-order valence-electron chi connectivity index (χ3n) is 2.33. The molecule has 0 atom stereocenters. The van der Waals surface area contributed by atoms with Gasteiger partial charge in [-0.15, -0.1) is 0 Å². The number of anilines is 2. The molecule has 21 heavy (non-hydrogen) atoms. The van der Waals surface area contributed by atoms with Crippen molar-refractivity contribution in [1.82, 2.24) is 0 Å². The quantitative estimate of drug-likeness (QED) is 0.745. The number of nitrogen functional groups attached to an aromatic ring is 1. The van der Waals surface area contributed by atoms with Crippen molar-refractivity contribution in [3.63, 3.8) is 0 Å². The third-order valence-corrected chi connectivity index (χ3v) is 2.33. The van der Waals surface area contributed by atoms with E-state index in [9.17, 15) is 18.0 Å². The lowest BCUT2D eigenvalue weighted by molar-refractivity contribution is -0.170. The molecule has 2 rings (SSSR count). The molecule has 0 bridgehead atoms. The monoisotopic (exact) mass is 306 g/mol. The van der Waals surface area contributed by atoms with Crippen molar-refractivity contribution in [3.8, 4) is 5.75 Å². The van der Waals surface area contributed by atoms with Gasteiger partial charge in [0.1, 0.15) is 12.4 Å². The fraction of sp³-hybridized carbons (Fsp3) is 0.500. The molecule has 1 heterocycles. The summed E-state index contributed by atoms with van der Waals surface area (Å²) >= 11 is 0. The number of hydrogen-bond donors (Lipinski definition) is 1. The van der Waals surface area contributed by atoms with Gasteiger partial charge in [0.2, 0.25) is 0 Å². The van der Waals surface area contributed by atoms with Crippen molar-refractivity contribution in [2.45, 2.75) is 33.9 Å². The number of nitrogens with two attached hydrogens (primary N) is 1. The highest BCUT2D eigenvalue weighted by Gasteiger charge is 2.44. The smallest absolute Gasteiger partial charge is 0.471 e. The van der Waals surface area contributed by atoms with Crippen LogP contribution in [0.4, 0.5) is 24.5 Å². The Labute approximate surface area is 122 Å². The number of carbonyl (C=O) groups is 1. The zero-order valence-corrected chi connectivity index (χ0v) is 12.6. The summed E-state index contributed by atoms with van der Waals surface area (Å²) in [7, 11) is 0. The number of rotatable bonds is 0. The molecular weight excluding hydrogens is 285 g/mol. The van der Waals surface area contributed by atoms with Gasteiger partial charge in [-0.1, -0.05) is 27.7 Å². The number of benzene rings is 1. The third kappa shape index (κ3) is 4.84. The molecule has 0 saturated carbocycles. The molecule has 1 aliphatic heterocycles. The summed E-state index contributed by atoms with van der Waals surface area (Å²) in [6, 6.07) is 4.16. The van der Waals surface area contributed by atoms with Gasteiger partial charge in [0.05, 0.1) is 12.2 Å². The molecule has 1 amide bonds. The van der Waals surface area contributed by atoms with Gasteiger partial charge in [-0.3, -0.25) is 9.69 Å². The van der Waals surface area contributed by atoms with E-state index >= 15 is 0 Å². The minimum Gasteiger partial charge on any atom is -0.489 e. The number of carbonyl (C=O) groups excluding carboxylic acids is 1. The second kappa shape index (κ2) is 8.39. The fourth-order valence-electron chi connectivity index (χ4n) is 1.60. The summed E-state index contributed by atoms with van der Waals surface area (Å²) in [5.74, 6) is -1.71. The van der Waals surface area contributed by atoms with Gasteiger partial charge in [0.25, 0.3) is 0 Å². The van der Waals surface area contributed by atoms with Crippen LogP contribution in [0, 0.1) is 0 Å². The number of ether oxygens (including phenoxy) is 1. The summed E-state index contributed by atoms with van der Waals surface area (Å²) in [6.45, 7) is 7.88. The lowest BCUT2D eigenvalue weighted by Gasteiger charge is -2.30. The van der Waals surface area contributed by atoms with E-state index in [1.165, 1.54) is 18.2 Å². The van der Waals surface area contributed by atoms with Gasteiger partial charge < -0.3 is 10.5 Å². The normalized spacial score (nSPS) is 12.8. The minimum atomic E-state index is -4.89. The van der Waals surface area contributed by atoms with Crippen LogP contribution >= 0.6 is 0 Å². The van der Waals surface area contributed by atoms with E-state index < -0.39 is 12.1 Å². The van der Waals surface area contributed by atoms with E-state index in [4.69, 9.17) is 10.5 Å². The van der Waals surface area contributed by atoms with Crippen LogP contribution in [0.3, 0.4) is 0 Å². The van der Waals surface area contributed by atoms with Gasteiger partial charge in [-0.2, -0.15) is 13.2 Å². The van der Waals surface area contributed by atoms with E-state index in [2.05, 4.69) is 0 Å². The zero-order chi connectivity index (χ0) is 16.6. The van der Waals surface area contributed by atoms with E-state index in [-0.39, 0.29) is 24.6 Å². The Kier molecular flexibility index (Phi) is 7.62. The number of amides is 1. The van der Waals surface area contributed by atoms with Crippen molar-refractivity contribution >= 4 is 17.3 Å². The second-order valence-corrected chi connectivity index (χ2v) is 3.53. The highest BCUT2D eigenvalue weighted by atomic mass is 19.4.